The van der Waals surface area contributed by atoms with Gasteiger partial charge in [-0.15, -0.1) is 11.3 Å². The Bertz CT molecular complexity index is 567. The standard InChI is InChI=1S/C13H14ClN3S/c1-15-9-5-2-6-10-12(9)18-13(17-10)11-8(14)4-3-7-16-11/h3-4,7,9,15H,2,5-6H2,1H3. The fraction of sp³-hybridized carbons (Fsp3) is 0.385. The number of hydrogen-bond donors (Lipinski definition) is 1. The highest BCUT2D eigenvalue weighted by Gasteiger charge is 2.24. The minimum atomic E-state index is 0.433. The average Bonchev–Trinajstić information content (AvgIpc) is 2.82. The first-order chi connectivity index (χ1) is 8.79. The first-order valence-corrected chi connectivity index (χ1v) is 7.27. The number of aromatic nitrogens is 2. The molecule has 94 valence electrons. The summed E-state index contributed by atoms with van der Waals surface area (Å²) in [6, 6.07) is 4.14. The van der Waals surface area contributed by atoms with Crippen molar-refractivity contribution in [2.75, 3.05) is 7.05 Å². The van der Waals surface area contributed by atoms with Crippen LogP contribution < -0.4 is 5.32 Å². The molecule has 2 heterocycles. The molecule has 18 heavy (non-hydrogen) atoms. The topological polar surface area (TPSA) is 37.8 Å². The molecule has 0 saturated carbocycles. The lowest BCUT2D eigenvalue weighted by atomic mass is 9.98. The molecular weight excluding hydrogens is 266 g/mol. The van der Waals surface area contributed by atoms with Gasteiger partial charge < -0.3 is 5.32 Å². The van der Waals surface area contributed by atoms with E-state index in [-0.39, 0.29) is 0 Å². The Kier molecular flexibility index (Phi) is 3.33. The summed E-state index contributed by atoms with van der Waals surface area (Å²) in [5, 5.41) is 4.97. The van der Waals surface area contributed by atoms with Crippen LogP contribution in [0.5, 0.6) is 0 Å². The van der Waals surface area contributed by atoms with Crippen LogP contribution in [0.2, 0.25) is 5.02 Å². The van der Waals surface area contributed by atoms with Gasteiger partial charge in [-0.25, -0.2) is 4.98 Å². The van der Waals surface area contributed by atoms with Crippen LogP contribution in [0, 0.1) is 0 Å². The summed E-state index contributed by atoms with van der Waals surface area (Å²) in [7, 11) is 2.01. The zero-order valence-electron chi connectivity index (χ0n) is 10.1. The predicted octanol–water partition coefficient (Wildman–Crippen LogP) is 3.46. The maximum atomic E-state index is 6.18. The number of nitrogens with one attached hydrogen (secondary N) is 1. The molecule has 0 spiro atoms. The Hall–Kier alpha value is -0.970. The van der Waals surface area contributed by atoms with E-state index in [0.29, 0.717) is 11.1 Å². The van der Waals surface area contributed by atoms with Gasteiger partial charge >= 0.3 is 0 Å². The third-order valence-electron chi connectivity index (χ3n) is 3.26. The van der Waals surface area contributed by atoms with Gasteiger partial charge in [0.15, 0.2) is 0 Å². The molecule has 0 bridgehead atoms. The summed E-state index contributed by atoms with van der Waals surface area (Å²) >= 11 is 7.90. The smallest absolute Gasteiger partial charge is 0.143 e. The SMILES string of the molecule is CNC1CCCc2nc(-c3ncccc3Cl)sc21. The molecule has 0 aromatic carbocycles. The number of thiazole rings is 1. The lowest BCUT2D eigenvalue weighted by Gasteiger charge is -2.19. The van der Waals surface area contributed by atoms with E-state index in [1.54, 1.807) is 17.5 Å². The second kappa shape index (κ2) is 4.96. The van der Waals surface area contributed by atoms with Gasteiger partial charge in [0.05, 0.1) is 10.7 Å². The second-order valence-electron chi connectivity index (χ2n) is 4.40. The van der Waals surface area contributed by atoms with Crippen LogP contribution in [0.15, 0.2) is 18.3 Å². The third kappa shape index (κ3) is 2.05. The Labute approximate surface area is 115 Å². The molecule has 0 amide bonds. The van der Waals surface area contributed by atoms with E-state index in [1.807, 2.05) is 19.2 Å². The summed E-state index contributed by atoms with van der Waals surface area (Å²) in [6.45, 7) is 0. The van der Waals surface area contributed by atoms with Crippen molar-refractivity contribution in [1.82, 2.24) is 15.3 Å². The van der Waals surface area contributed by atoms with Crippen molar-refractivity contribution in [2.24, 2.45) is 0 Å². The van der Waals surface area contributed by atoms with Gasteiger partial charge in [0.2, 0.25) is 0 Å². The van der Waals surface area contributed by atoms with Crippen LogP contribution in [-0.2, 0) is 6.42 Å². The number of hydrogen-bond acceptors (Lipinski definition) is 4. The Morgan fingerprint density at radius 3 is 3.17 bits per heavy atom. The highest BCUT2D eigenvalue weighted by molar-refractivity contribution is 7.15. The first-order valence-electron chi connectivity index (χ1n) is 6.07. The normalized spacial score (nSPS) is 18.7. The number of nitrogens with zero attached hydrogens (tertiary/aromatic N) is 2. The molecule has 2 aromatic heterocycles. The summed E-state index contributed by atoms with van der Waals surface area (Å²) in [5.74, 6) is 0. The van der Waals surface area contributed by atoms with Crippen LogP contribution in [0.4, 0.5) is 0 Å². The van der Waals surface area contributed by atoms with Crippen LogP contribution >= 0.6 is 22.9 Å². The Morgan fingerprint density at radius 2 is 2.39 bits per heavy atom. The zero-order chi connectivity index (χ0) is 12.5. The minimum Gasteiger partial charge on any atom is -0.312 e. The molecule has 1 atom stereocenters. The fourth-order valence-corrected chi connectivity index (χ4v) is 3.87. The van der Waals surface area contributed by atoms with E-state index in [1.165, 1.54) is 23.4 Å². The Morgan fingerprint density at radius 1 is 1.50 bits per heavy atom. The molecule has 2 aromatic rings. The van der Waals surface area contributed by atoms with Crippen molar-refractivity contribution in [1.29, 1.82) is 0 Å². The summed E-state index contributed by atoms with van der Waals surface area (Å²) in [4.78, 5) is 10.4. The molecule has 3 rings (SSSR count). The van der Waals surface area contributed by atoms with E-state index in [4.69, 9.17) is 16.6 Å². The number of pyridine rings is 1. The lowest BCUT2D eigenvalue weighted by Crippen LogP contribution is -2.19. The van der Waals surface area contributed by atoms with E-state index in [9.17, 15) is 0 Å². The molecule has 0 radical (unpaired) electrons. The Balaban J connectivity index is 2.05. The molecule has 1 unspecified atom stereocenters. The molecule has 1 N–H and O–H groups in total. The number of aryl methyl sites for hydroxylation is 1. The summed E-state index contributed by atoms with van der Waals surface area (Å²) in [6.07, 6.45) is 5.20. The monoisotopic (exact) mass is 279 g/mol. The first kappa shape index (κ1) is 12.1. The molecular formula is C13H14ClN3S. The molecule has 0 aliphatic heterocycles. The molecule has 0 saturated heterocycles. The van der Waals surface area contributed by atoms with Crippen molar-refractivity contribution in [3.05, 3.63) is 33.9 Å². The van der Waals surface area contributed by atoms with Crippen LogP contribution in [0.25, 0.3) is 10.7 Å². The number of halogens is 1. The minimum absolute atomic E-state index is 0.433. The van der Waals surface area contributed by atoms with Gasteiger partial charge in [-0.3, -0.25) is 4.98 Å². The van der Waals surface area contributed by atoms with Gasteiger partial charge in [-0.05, 0) is 38.4 Å². The van der Waals surface area contributed by atoms with Crippen molar-refractivity contribution in [2.45, 2.75) is 25.3 Å². The van der Waals surface area contributed by atoms with Gasteiger partial charge in [0.1, 0.15) is 10.7 Å². The van der Waals surface area contributed by atoms with Crippen LogP contribution in [-0.4, -0.2) is 17.0 Å². The highest BCUT2D eigenvalue weighted by Crippen LogP contribution is 2.38. The van der Waals surface area contributed by atoms with Crippen molar-refractivity contribution < 1.29 is 0 Å². The summed E-state index contributed by atoms with van der Waals surface area (Å²) < 4.78 is 0. The quantitative estimate of drug-likeness (QED) is 0.915. The van der Waals surface area contributed by atoms with Crippen LogP contribution in [0.1, 0.15) is 29.5 Å². The lowest BCUT2D eigenvalue weighted by molar-refractivity contribution is 0.501. The molecule has 3 nitrogen and oxygen atoms in total. The van der Waals surface area contributed by atoms with E-state index in [2.05, 4.69) is 10.3 Å². The molecule has 0 fully saturated rings. The maximum Gasteiger partial charge on any atom is 0.143 e. The van der Waals surface area contributed by atoms with Gasteiger partial charge in [0, 0.05) is 17.1 Å². The zero-order valence-corrected chi connectivity index (χ0v) is 11.7. The molecule has 5 heteroatoms. The number of fused-ring (bicyclic) bond motifs is 1. The summed E-state index contributed by atoms with van der Waals surface area (Å²) in [5.41, 5.74) is 2.01. The predicted molar refractivity (Wildman–Crippen MR) is 75.1 cm³/mol. The average molecular weight is 280 g/mol. The molecule has 1 aliphatic carbocycles. The van der Waals surface area contributed by atoms with Crippen molar-refractivity contribution >= 4 is 22.9 Å². The molecule has 1 aliphatic rings. The largest absolute Gasteiger partial charge is 0.312 e. The van der Waals surface area contributed by atoms with E-state index in [0.717, 1.165) is 17.1 Å². The van der Waals surface area contributed by atoms with E-state index < -0.39 is 0 Å². The number of rotatable bonds is 2. The van der Waals surface area contributed by atoms with Gasteiger partial charge in [-0.1, -0.05) is 11.6 Å². The third-order valence-corrected chi connectivity index (χ3v) is 4.78. The van der Waals surface area contributed by atoms with Crippen LogP contribution in [0.3, 0.4) is 0 Å². The second-order valence-corrected chi connectivity index (χ2v) is 5.84. The maximum absolute atomic E-state index is 6.18. The highest BCUT2D eigenvalue weighted by atomic mass is 35.5. The van der Waals surface area contributed by atoms with E-state index >= 15 is 0 Å². The van der Waals surface area contributed by atoms with Gasteiger partial charge in [0.25, 0.3) is 0 Å². The fourth-order valence-electron chi connectivity index (χ4n) is 2.34. The van der Waals surface area contributed by atoms with Crippen molar-refractivity contribution in [3.8, 4) is 10.7 Å². The van der Waals surface area contributed by atoms with Crippen molar-refractivity contribution in [3.63, 3.8) is 0 Å². The van der Waals surface area contributed by atoms with Gasteiger partial charge in [-0.2, -0.15) is 0 Å².